The normalized spacial score (nSPS) is 22.7. The van der Waals surface area contributed by atoms with E-state index in [2.05, 4.69) is 122 Å². The van der Waals surface area contributed by atoms with Crippen molar-refractivity contribution >= 4 is 52.4 Å². The third kappa shape index (κ3) is 7.60. The molecule has 2 fully saturated rings. The van der Waals surface area contributed by atoms with E-state index in [1.807, 2.05) is 19.4 Å². The summed E-state index contributed by atoms with van der Waals surface area (Å²) in [7, 11) is 0. The van der Waals surface area contributed by atoms with Gasteiger partial charge in [-0.05, 0) is 99.1 Å². The Balaban J connectivity index is 1.10. The molecule has 0 aliphatic carbocycles. The number of thioether (sulfide) groups is 2. The lowest BCUT2D eigenvalue weighted by Gasteiger charge is -2.44. The zero-order valence-electron chi connectivity index (χ0n) is 33.0. The van der Waals surface area contributed by atoms with Crippen molar-refractivity contribution < 1.29 is 9.59 Å². The highest BCUT2D eigenvalue weighted by Gasteiger charge is 2.48. The average Bonchev–Trinajstić information content (AvgIpc) is 3.93. The standard InChI is InChI=1S/C43H58N6O2S2/c1-27(2)29(5)39(50)49-24-12-22-43(49,53-9)40-44-26-37(47-40)33-19-16-31(17-20-33)13-10-14-32-18-21-35-36(25-32)46-38(45-35)34-15-11-23-48(30(34)6)41(51)42(7,52-8)28(3)4/h10,13,16-21,25-30,34H,11-12,14-15,22-24H2,1-9H3,(H,44,47)(H,45,46)/b13-10+. The van der Waals surface area contributed by atoms with Crippen LogP contribution in [0.5, 0.6) is 0 Å². The van der Waals surface area contributed by atoms with E-state index in [9.17, 15) is 9.59 Å². The van der Waals surface area contributed by atoms with E-state index in [0.717, 1.165) is 84.7 Å². The van der Waals surface area contributed by atoms with Gasteiger partial charge in [0.1, 0.15) is 16.5 Å². The lowest BCUT2D eigenvalue weighted by molar-refractivity contribution is -0.139. The van der Waals surface area contributed by atoms with Gasteiger partial charge in [0.05, 0.1) is 27.7 Å². The van der Waals surface area contributed by atoms with Crippen LogP contribution in [0.15, 0.2) is 54.7 Å². The summed E-state index contributed by atoms with van der Waals surface area (Å²) in [6.45, 7) is 16.4. The number of nitrogens with zero attached hydrogens (tertiary/aromatic N) is 4. The summed E-state index contributed by atoms with van der Waals surface area (Å²) >= 11 is 3.37. The number of benzene rings is 2. The van der Waals surface area contributed by atoms with Crippen molar-refractivity contribution in [3.05, 3.63) is 77.5 Å². The van der Waals surface area contributed by atoms with E-state index < -0.39 is 9.62 Å². The fourth-order valence-corrected chi connectivity index (χ4v) is 9.78. The second-order valence-corrected chi connectivity index (χ2v) is 18.3. The Labute approximate surface area is 324 Å². The molecule has 2 N–H and O–H groups in total. The molecule has 10 heteroatoms. The van der Waals surface area contributed by atoms with Crippen LogP contribution in [0.3, 0.4) is 0 Å². The van der Waals surface area contributed by atoms with Crippen molar-refractivity contribution in [2.45, 2.75) is 102 Å². The second-order valence-electron chi connectivity index (χ2n) is 15.9. The average molecular weight is 755 g/mol. The molecule has 0 radical (unpaired) electrons. The minimum Gasteiger partial charge on any atom is -0.342 e. The Kier molecular flexibility index (Phi) is 11.9. The first-order valence-corrected chi connectivity index (χ1v) is 21.8. The number of aromatic nitrogens is 4. The number of amides is 2. The number of piperidine rings is 1. The first-order chi connectivity index (χ1) is 25.3. The van der Waals surface area contributed by atoms with Crippen LogP contribution >= 0.6 is 23.5 Å². The SMILES string of the molecule is CSC(C)(C(=O)N1CCCC(c2nc3ccc(C/C=C/c4ccc(-c5cnc(C6(SC)CCCN6C(=O)C(C)C(C)C)[nH]5)cc4)cc3[nH]2)C1C)C(C)C. The molecule has 8 nitrogen and oxygen atoms in total. The van der Waals surface area contributed by atoms with Crippen molar-refractivity contribution in [3.8, 4) is 11.3 Å². The van der Waals surface area contributed by atoms with Crippen LogP contribution in [0.25, 0.3) is 28.4 Å². The van der Waals surface area contributed by atoms with Crippen LogP contribution in [-0.4, -0.2) is 77.9 Å². The molecule has 2 aliphatic heterocycles. The van der Waals surface area contributed by atoms with Gasteiger partial charge in [0.15, 0.2) is 0 Å². The van der Waals surface area contributed by atoms with E-state index in [1.165, 1.54) is 5.56 Å². The molecule has 4 heterocycles. The van der Waals surface area contributed by atoms with Gasteiger partial charge in [-0.25, -0.2) is 9.97 Å². The van der Waals surface area contributed by atoms with Crippen LogP contribution in [0.4, 0.5) is 0 Å². The third-order valence-corrected chi connectivity index (χ3v) is 15.1. The summed E-state index contributed by atoms with van der Waals surface area (Å²) in [5.74, 6) is 3.01. The zero-order chi connectivity index (χ0) is 38.1. The fourth-order valence-electron chi connectivity index (χ4n) is 7.97. The Morgan fingerprint density at radius 1 is 1.04 bits per heavy atom. The molecule has 4 aromatic rings. The molecule has 0 saturated carbocycles. The summed E-state index contributed by atoms with van der Waals surface area (Å²) < 4.78 is -0.428. The lowest BCUT2D eigenvalue weighted by Crippen LogP contribution is -2.54. The molecule has 284 valence electrons. The molecule has 2 aromatic heterocycles. The molecule has 2 saturated heterocycles. The van der Waals surface area contributed by atoms with Gasteiger partial charge in [0, 0.05) is 31.0 Å². The first kappa shape index (κ1) is 39.2. The van der Waals surface area contributed by atoms with Crippen molar-refractivity contribution in [1.29, 1.82) is 0 Å². The van der Waals surface area contributed by atoms with Gasteiger partial charge in [0.25, 0.3) is 0 Å². The topological polar surface area (TPSA) is 98.0 Å². The number of aromatic amines is 2. The monoisotopic (exact) mass is 754 g/mol. The molecule has 5 atom stereocenters. The predicted molar refractivity (Wildman–Crippen MR) is 223 cm³/mol. The van der Waals surface area contributed by atoms with Crippen molar-refractivity contribution in [2.24, 2.45) is 17.8 Å². The van der Waals surface area contributed by atoms with Gasteiger partial charge < -0.3 is 19.8 Å². The van der Waals surface area contributed by atoms with E-state index in [0.29, 0.717) is 5.92 Å². The van der Waals surface area contributed by atoms with Gasteiger partial charge in [-0.3, -0.25) is 9.59 Å². The molecular weight excluding hydrogens is 697 g/mol. The van der Waals surface area contributed by atoms with Crippen LogP contribution in [-0.2, 0) is 20.9 Å². The summed E-state index contributed by atoms with van der Waals surface area (Å²) in [6.07, 6.45) is 15.1. The number of rotatable bonds is 12. The fraction of sp³-hybridized carbons (Fsp3) is 0.535. The first-order valence-electron chi connectivity index (χ1n) is 19.4. The molecule has 53 heavy (non-hydrogen) atoms. The third-order valence-electron chi connectivity index (χ3n) is 12.3. The van der Waals surface area contributed by atoms with E-state index in [4.69, 9.17) is 9.97 Å². The van der Waals surface area contributed by atoms with Crippen LogP contribution < -0.4 is 0 Å². The lowest BCUT2D eigenvalue weighted by atomic mass is 9.87. The number of carbonyl (C=O) groups excluding carboxylic acids is 2. The second kappa shape index (κ2) is 16.1. The Morgan fingerprint density at radius 2 is 1.79 bits per heavy atom. The summed E-state index contributed by atoms with van der Waals surface area (Å²) in [5.41, 5.74) is 6.40. The minimum absolute atomic E-state index is 0.0245. The Morgan fingerprint density at radius 3 is 2.47 bits per heavy atom. The highest BCUT2D eigenvalue weighted by molar-refractivity contribution is 8.00. The molecular formula is C43H58N6O2S2. The molecule has 2 aromatic carbocycles. The maximum Gasteiger partial charge on any atom is 0.239 e. The molecule has 0 spiro atoms. The van der Waals surface area contributed by atoms with Crippen molar-refractivity contribution in [1.82, 2.24) is 29.7 Å². The van der Waals surface area contributed by atoms with Crippen LogP contribution in [0, 0.1) is 17.8 Å². The predicted octanol–water partition coefficient (Wildman–Crippen LogP) is 9.51. The summed E-state index contributed by atoms with van der Waals surface area (Å²) in [4.78, 5) is 48.0. The highest BCUT2D eigenvalue weighted by atomic mass is 32.2. The van der Waals surface area contributed by atoms with Gasteiger partial charge in [-0.1, -0.05) is 77.1 Å². The molecule has 2 aliphatic rings. The van der Waals surface area contributed by atoms with Crippen molar-refractivity contribution in [2.75, 3.05) is 25.6 Å². The Bertz CT molecular complexity index is 1930. The van der Waals surface area contributed by atoms with E-state index in [-0.39, 0.29) is 35.6 Å². The number of H-pyrrole nitrogens is 2. The quantitative estimate of drug-likeness (QED) is 0.150. The van der Waals surface area contributed by atoms with Gasteiger partial charge in [-0.15, -0.1) is 23.5 Å². The smallest absolute Gasteiger partial charge is 0.239 e. The van der Waals surface area contributed by atoms with E-state index >= 15 is 0 Å². The number of likely N-dealkylation sites (tertiary alicyclic amines) is 2. The van der Waals surface area contributed by atoms with Gasteiger partial charge in [0.2, 0.25) is 11.8 Å². The largest absolute Gasteiger partial charge is 0.342 e. The van der Waals surface area contributed by atoms with Crippen molar-refractivity contribution in [3.63, 3.8) is 0 Å². The van der Waals surface area contributed by atoms with Gasteiger partial charge >= 0.3 is 0 Å². The molecule has 5 unspecified atom stereocenters. The number of carbonyl (C=O) groups is 2. The Hall–Kier alpha value is -3.50. The van der Waals surface area contributed by atoms with Crippen LogP contribution in [0.1, 0.15) is 103 Å². The number of hydrogen-bond acceptors (Lipinski definition) is 6. The van der Waals surface area contributed by atoms with E-state index in [1.54, 1.807) is 23.5 Å². The van der Waals surface area contributed by atoms with Crippen LogP contribution in [0.2, 0.25) is 0 Å². The highest BCUT2D eigenvalue weighted by Crippen LogP contribution is 2.47. The number of nitrogens with one attached hydrogen (secondary N) is 2. The summed E-state index contributed by atoms with van der Waals surface area (Å²) in [5, 5.41) is 0. The van der Waals surface area contributed by atoms with Gasteiger partial charge in [-0.2, -0.15) is 0 Å². The maximum atomic E-state index is 13.8. The molecule has 2 amide bonds. The maximum absolute atomic E-state index is 13.8. The molecule has 0 bridgehead atoms. The number of fused-ring (bicyclic) bond motifs is 1. The minimum atomic E-state index is -0.457. The number of hydrogen-bond donors (Lipinski definition) is 2. The molecule has 6 rings (SSSR count). The zero-order valence-corrected chi connectivity index (χ0v) is 34.7. The summed E-state index contributed by atoms with van der Waals surface area (Å²) in [6, 6.07) is 15.1. The number of allylic oxidation sites excluding steroid dienone is 1. The number of imidazole rings is 2.